The van der Waals surface area contributed by atoms with E-state index in [4.69, 9.17) is 4.74 Å². The van der Waals surface area contributed by atoms with Gasteiger partial charge in [-0.05, 0) is 75.6 Å². The maximum absolute atomic E-state index is 5.52. The zero-order valence-corrected chi connectivity index (χ0v) is 17.8. The van der Waals surface area contributed by atoms with Crippen LogP contribution < -0.4 is 5.32 Å². The molecule has 2 fully saturated rings. The van der Waals surface area contributed by atoms with E-state index in [0.29, 0.717) is 6.04 Å². The highest BCUT2D eigenvalue weighted by atomic mass is 16.5. The fraction of sp³-hybridized carbons (Fsp3) is 0.857. The molecule has 7 heteroatoms. The normalized spacial score (nSPS) is 26.5. The summed E-state index contributed by atoms with van der Waals surface area (Å²) >= 11 is 0. The van der Waals surface area contributed by atoms with Crippen molar-refractivity contribution in [2.75, 3.05) is 32.8 Å². The maximum atomic E-state index is 5.52. The molecule has 1 aromatic heterocycles. The lowest BCUT2D eigenvalue weighted by molar-refractivity contribution is 0.0328. The lowest BCUT2D eigenvalue weighted by Crippen LogP contribution is -2.51. The molecule has 0 bridgehead atoms. The quantitative estimate of drug-likeness (QED) is 0.690. The van der Waals surface area contributed by atoms with Gasteiger partial charge in [-0.1, -0.05) is 11.1 Å². The molecular formula is C21H36N6O. The van der Waals surface area contributed by atoms with Crippen molar-refractivity contribution >= 4 is 0 Å². The van der Waals surface area contributed by atoms with E-state index < -0.39 is 0 Å². The second-order valence-corrected chi connectivity index (χ2v) is 9.22. The molecule has 28 heavy (non-hydrogen) atoms. The van der Waals surface area contributed by atoms with E-state index in [1.54, 1.807) is 0 Å². The van der Waals surface area contributed by atoms with Gasteiger partial charge in [0.2, 0.25) is 0 Å². The zero-order valence-electron chi connectivity index (χ0n) is 17.8. The van der Waals surface area contributed by atoms with Crippen molar-refractivity contribution in [1.82, 2.24) is 30.4 Å². The Bertz CT molecular complexity index is 691. The van der Waals surface area contributed by atoms with Gasteiger partial charge in [0.05, 0.1) is 18.8 Å². The number of ether oxygens (including phenoxy) is 1. The first-order valence-electron chi connectivity index (χ1n) is 11.1. The molecule has 1 aliphatic heterocycles. The first-order chi connectivity index (χ1) is 13.5. The van der Waals surface area contributed by atoms with Gasteiger partial charge < -0.3 is 4.74 Å². The SMILES string of the molecule is CC1=C(C)C(NC(C)(CCN2CCOCC2)c2nnnn2CC2CC2)CCC1. The minimum absolute atomic E-state index is 0.236. The van der Waals surface area contributed by atoms with Crippen LogP contribution in [0.3, 0.4) is 0 Å². The summed E-state index contributed by atoms with van der Waals surface area (Å²) in [6.07, 6.45) is 7.30. The molecule has 2 heterocycles. The van der Waals surface area contributed by atoms with Crippen LogP contribution in [0.4, 0.5) is 0 Å². The summed E-state index contributed by atoms with van der Waals surface area (Å²) in [7, 11) is 0. The average molecular weight is 389 g/mol. The van der Waals surface area contributed by atoms with Crippen molar-refractivity contribution in [3.05, 3.63) is 17.0 Å². The number of hydrogen-bond donors (Lipinski definition) is 1. The summed E-state index contributed by atoms with van der Waals surface area (Å²) in [6.45, 7) is 12.6. The monoisotopic (exact) mass is 388 g/mol. The van der Waals surface area contributed by atoms with Crippen LogP contribution >= 0.6 is 0 Å². The van der Waals surface area contributed by atoms with Crippen molar-refractivity contribution in [2.24, 2.45) is 5.92 Å². The number of allylic oxidation sites excluding steroid dienone is 1. The Morgan fingerprint density at radius 3 is 2.71 bits per heavy atom. The lowest BCUT2D eigenvalue weighted by atomic mass is 9.86. The molecule has 0 amide bonds. The van der Waals surface area contributed by atoms with Crippen LogP contribution in [-0.4, -0.2) is 64.0 Å². The van der Waals surface area contributed by atoms with Crippen molar-refractivity contribution in [1.29, 1.82) is 0 Å². The van der Waals surface area contributed by atoms with E-state index in [-0.39, 0.29) is 5.54 Å². The third-order valence-corrected chi connectivity index (χ3v) is 6.92. The van der Waals surface area contributed by atoms with E-state index in [1.165, 1.54) is 43.3 Å². The fourth-order valence-corrected chi connectivity index (χ4v) is 4.57. The van der Waals surface area contributed by atoms with E-state index in [1.807, 2.05) is 0 Å². The summed E-state index contributed by atoms with van der Waals surface area (Å²) in [4.78, 5) is 2.51. The van der Waals surface area contributed by atoms with Gasteiger partial charge in [0.15, 0.2) is 5.82 Å². The third-order valence-electron chi connectivity index (χ3n) is 6.92. The summed E-state index contributed by atoms with van der Waals surface area (Å²) in [5.41, 5.74) is 2.81. The molecule has 7 nitrogen and oxygen atoms in total. The molecular weight excluding hydrogens is 352 g/mol. The second-order valence-electron chi connectivity index (χ2n) is 9.22. The molecule has 0 radical (unpaired) electrons. The molecule has 0 spiro atoms. The first-order valence-corrected chi connectivity index (χ1v) is 11.1. The maximum Gasteiger partial charge on any atom is 0.171 e. The minimum atomic E-state index is -0.236. The smallest absolute Gasteiger partial charge is 0.171 e. The number of nitrogens with one attached hydrogen (secondary N) is 1. The molecule has 1 aromatic rings. The van der Waals surface area contributed by atoms with E-state index in [0.717, 1.165) is 57.6 Å². The van der Waals surface area contributed by atoms with E-state index in [9.17, 15) is 0 Å². The Morgan fingerprint density at radius 1 is 1.18 bits per heavy atom. The molecule has 1 saturated carbocycles. The number of hydrogen-bond acceptors (Lipinski definition) is 6. The molecule has 3 aliphatic rings. The van der Waals surface area contributed by atoms with Gasteiger partial charge in [0, 0.05) is 32.2 Å². The van der Waals surface area contributed by atoms with Gasteiger partial charge in [-0.15, -0.1) is 5.10 Å². The molecule has 2 atom stereocenters. The highest BCUT2D eigenvalue weighted by Crippen LogP contribution is 2.34. The summed E-state index contributed by atoms with van der Waals surface area (Å²) in [5.74, 6) is 1.76. The largest absolute Gasteiger partial charge is 0.379 e. The number of aromatic nitrogens is 4. The summed E-state index contributed by atoms with van der Waals surface area (Å²) in [6, 6.07) is 0.412. The molecule has 1 saturated heterocycles. The van der Waals surface area contributed by atoms with Gasteiger partial charge in [-0.2, -0.15) is 0 Å². The molecule has 1 N–H and O–H groups in total. The summed E-state index contributed by atoms with van der Waals surface area (Å²) < 4.78 is 7.59. The molecule has 2 aliphatic carbocycles. The van der Waals surface area contributed by atoms with Crippen LogP contribution in [0, 0.1) is 5.92 Å². The number of tetrazole rings is 1. The van der Waals surface area contributed by atoms with Gasteiger partial charge in [-0.3, -0.25) is 10.2 Å². The van der Waals surface area contributed by atoms with Gasteiger partial charge in [0.1, 0.15) is 0 Å². The predicted octanol–water partition coefficient (Wildman–Crippen LogP) is 2.50. The molecule has 156 valence electrons. The van der Waals surface area contributed by atoms with Crippen LogP contribution in [0.15, 0.2) is 11.1 Å². The highest BCUT2D eigenvalue weighted by Gasteiger charge is 2.37. The second kappa shape index (κ2) is 8.59. The molecule has 0 aromatic carbocycles. The Balaban J connectivity index is 1.54. The highest BCUT2D eigenvalue weighted by molar-refractivity contribution is 5.21. The van der Waals surface area contributed by atoms with Crippen LogP contribution in [-0.2, 0) is 16.8 Å². The third kappa shape index (κ3) is 4.63. The standard InChI is InChI=1S/C21H36N6O/c1-16-5-4-6-19(17(16)2)22-21(3,9-10-26-11-13-28-14-12-26)20-23-24-25-27(20)15-18-7-8-18/h18-19,22H,4-15H2,1-3H3. The number of rotatable bonds is 8. The van der Waals surface area contributed by atoms with Gasteiger partial charge in [0.25, 0.3) is 0 Å². The van der Waals surface area contributed by atoms with Crippen molar-refractivity contribution in [3.8, 4) is 0 Å². The molecule has 4 rings (SSSR count). The minimum Gasteiger partial charge on any atom is -0.379 e. The van der Waals surface area contributed by atoms with E-state index in [2.05, 4.69) is 51.2 Å². The predicted molar refractivity (Wildman–Crippen MR) is 109 cm³/mol. The van der Waals surface area contributed by atoms with Gasteiger partial charge in [-0.25, -0.2) is 4.68 Å². The molecule has 2 unspecified atom stereocenters. The Labute approximate surface area is 168 Å². The van der Waals surface area contributed by atoms with Crippen LogP contribution in [0.25, 0.3) is 0 Å². The van der Waals surface area contributed by atoms with Crippen LogP contribution in [0.1, 0.15) is 65.1 Å². The average Bonchev–Trinajstić information content (AvgIpc) is 3.39. The zero-order chi connectivity index (χ0) is 19.6. The number of nitrogens with zero attached hydrogens (tertiary/aromatic N) is 5. The Hall–Kier alpha value is -1.31. The Kier molecular flexibility index (Phi) is 6.13. The fourth-order valence-electron chi connectivity index (χ4n) is 4.57. The van der Waals surface area contributed by atoms with Crippen molar-refractivity contribution < 1.29 is 4.74 Å². The summed E-state index contributed by atoms with van der Waals surface area (Å²) in [5, 5.41) is 17.0. The number of morpholine rings is 1. The van der Waals surface area contributed by atoms with Crippen LogP contribution in [0.2, 0.25) is 0 Å². The van der Waals surface area contributed by atoms with Crippen molar-refractivity contribution in [2.45, 2.75) is 77.4 Å². The van der Waals surface area contributed by atoms with Crippen LogP contribution in [0.5, 0.6) is 0 Å². The van der Waals surface area contributed by atoms with Gasteiger partial charge >= 0.3 is 0 Å². The topological polar surface area (TPSA) is 68.1 Å². The lowest BCUT2D eigenvalue weighted by Gasteiger charge is -2.38. The Morgan fingerprint density at radius 2 is 1.96 bits per heavy atom. The van der Waals surface area contributed by atoms with Crippen molar-refractivity contribution in [3.63, 3.8) is 0 Å². The first kappa shape index (κ1) is 20.0. The van der Waals surface area contributed by atoms with E-state index >= 15 is 0 Å².